The lowest BCUT2D eigenvalue weighted by Crippen LogP contribution is -2.67. The minimum Gasteiger partial charge on any atom is -0.477 e. The van der Waals surface area contributed by atoms with Crippen molar-refractivity contribution in [1.82, 2.24) is 10.2 Å². The molecular weight excluding hydrogens is 418 g/mol. The van der Waals surface area contributed by atoms with E-state index in [1.807, 2.05) is 0 Å². The molecule has 0 spiro atoms. The number of aliphatic hydroxyl groups is 2. The Hall–Kier alpha value is -2.82. The number of alkyl carbamates (subject to hydrolysis) is 1. The molecule has 2 rings (SSSR count). The molecule has 1 saturated heterocycles. The Balaban J connectivity index is 2.53. The largest absolute Gasteiger partial charge is 0.477 e. The van der Waals surface area contributed by atoms with Crippen LogP contribution < -0.4 is 11.1 Å². The lowest BCUT2D eigenvalue weighted by atomic mass is 9.68. The van der Waals surface area contributed by atoms with E-state index in [0.29, 0.717) is 5.75 Å². The minimum absolute atomic E-state index is 0.0379. The number of hydrogen-bond donors (Lipinski definition) is 5. The summed E-state index contributed by atoms with van der Waals surface area (Å²) < 4.78 is 5.13. The second kappa shape index (κ2) is 9.79. The number of carbonyl (C=O) groups is 3. The number of nitrogens with zero attached hydrogens (tertiary/aromatic N) is 3. The Bertz CT molecular complexity index is 809. The van der Waals surface area contributed by atoms with Crippen molar-refractivity contribution in [2.45, 2.75) is 25.5 Å². The molecule has 0 aliphatic carbocycles. The number of aliphatic imine (C=N–C) groups is 1. The molecule has 2 aliphatic rings. The van der Waals surface area contributed by atoms with E-state index in [1.165, 1.54) is 13.1 Å². The molecule has 1 fully saturated rings. The Morgan fingerprint density at radius 2 is 2.27 bits per heavy atom. The summed E-state index contributed by atoms with van der Waals surface area (Å²) in [7, 11) is 0. The first-order chi connectivity index (χ1) is 14.3. The van der Waals surface area contributed by atoms with Crippen LogP contribution in [0, 0.1) is 22.8 Å². The molecule has 0 saturated carbocycles. The molecule has 2 heterocycles. The number of nitriles is 1. The van der Waals surface area contributed by atoms with Crippen molar-refractivity contribution < 1.29 is 34.4 Å². The number of carboxylic acid groups (broad SMARTS) is 1. The zero-order valence-electron chi connectivity index (χ0n) is 16.1. The predicted molar refractivity (Wildman–Crippen MR) is 105 cm³/mol. The number of amides is 2. The Morgan fingerprint density at radius 3 is 2.80 bits per heavy atom. The molecule has 13 heteroatoms. The molecule has 2 aliphatic heterocycles. The third kappa shape index (κ3) is 4.07. The van der Waals surface area contributed by atoms with E-state index in [0.717, 1.165) is 23.0 Å². The zero-order chi connectivity index (χ0) is 22.5. The van der Waals surface area contributed by atoms with Crippen LogP contribution in [-0.4, -0.2) is 82.2 Å². The number of carboxylic acids is 1. The smallest absolute Gasteiger partial charge is 0.420 e. The van der Waals surface area contributed by atoms with Crippen LogP contribution in [0.3, 0.4) is 0 Å². The van der Waals surface area contributed by atoms with E-state index in [-0.39, 0.29) is 23.6 Å². The highest BCUT2D eigenvalue weighted by molar-refractivity contribution is 8.03. The van der Waals surface area contributed by atoms with Gasteiger partial charge in [-0.15, -0.1) is 11.8 Å². The molecule has 2 amide bonds. The quantitative estimate of drug-likeness (QED) is 0.0685. The topological polar surface area (TPSA) is 199 Å². The number of β-lactam (4-membered cyclic amide) rings is 1. The van der Waals surface area contributed by atoms with Gasteiger partial charge in [0.05, 0.1) is 36.4 Å². The van der Waals surface area contributed by atoms with E-state index in [1.54, 1.807) is 5.32 Å². The number of thioether (sulfide) groups is 1. The maximum atomic E-state index is 12.6. The first kappa shape index (κ1) is 23.5. The van der Waals surface area contributed by atoms with Gasteiger partial charge in [0.15, 0.2) is 6.19 Å². The van der Waals surface area contributed by atoms with Gasteiger partial charge in [-0.2, -0.15) is 5.26 Å². The van der Waals surface area contributed by atoms with Gasteiger partial charge in [0.1, 0.15) is 12.3 Å². The molecule has 30 heavy (non-hydrogen) atoms. The number of aliphatic carboxylic acids is 1. The molecule has 6 N–H and O–H groups in total. The Kier molecular flexibility index (Phi) is 7.65. The van der Waals surface area contributed by atoms with E-state index in [2.05, 4.69) is 4.99 Å². The summed E-state index contributed by atoms with van der Waals surface area (Å²) in [6, 6.07) is -0.835. The highest BCUT2D eigenvalue weighted by atomic mass is 32.2. The van der Waals surface area contributed by atoms with Crippen LogP contribution in [0.25, 0.3) is 0 Å². The van der Waals surface area contributed by atoms with Crippen LogP contribution in [0.15, 0.2) is 15.6 Å². The average molecular weight is 441 g/mol. The van der Waals surface area contributed by atoms with Crippen LogP contribution in [0.2, 0.25) is 0 Å². The van der Waals surface area contributed by atoms with E-state index in [9.17, 15) is 29.7 Å². The fraction of sp³-hybridized carbons (Fsp3) is 0.588. The average Bonchev–Trinajstić information content (AvgIpc) is 2.91. The molecule has 0 aromatic carbocycles. The number of nitrogens with one attached hydrogen (secondary N) is 1. The highest BCUT2D eigenvalue weighted by Gasteiger charge is 2.68. The van der Waals surface area contributed by atoms with Crippen molar-refractivity contribution in [2.24, 2.45) is 22.1 Å². The molecule has 164 valence electrons. The summed E-state index contributed by atoms with van der Waals surface area (Å²) in [5, 5.41) is 40.1. The van der Waals surface area contributed by atoms with E-state index in [4.69, 9.17) is 15.7 Å². The van der Waals surface area contributed by atoms with Gasteiger partial charge in [0.25, 0.3) is 0 Å². The van der Waals surface area contributed by atoms with Crippen LogP contribution in [0.4, 0.5) is 4.79 Å². The van der Waals surface area contributed by atoms with Crippen LogP contribution in [-0.2, 0) is 14.3 Å². The summed E-state index contributed by atoms with van der Waals surface area (Å²) >= 11 is 1.10. The van der Waals surface area contributed by atoms with E-state index < -0.39 is 54.7 Å². The summed E-state index contributed by atoms with van der Waals surface area (Å²) in [6.45, 7) is 0.875. The lowest BCUT2D eigenvalue weighted by molar-refractivity contribution is -0.169. The van der Waals surface area contributed by atoms with Gasteiger partial charge < -0.3 is 25.8 Å². The predicted octanol–water partition coefficient (Wildman–Crippen LogP) is -1.20. The second-order valence-electron chi connectivity index (χ2n) is 6.75. The third-order valence-electron chi connectivity index (χ3n) is 5.09. The van der Waals surface area contributed by atoms with Crippen molar-refractivity contribution >= 4 is 36.1 Å². The fourth-order valence-electron chi connectivity index (χ4n) is 3.95. The SMILES string of the molecule is CC(O)C1C(=O)N2C(C(=O)O)=C(SCCN=CN)C(CCO)(COC(=O)NC#N)C12. The number of carbonyl (C=O) groups excluding carboxylic acids is 2. The standard InChI is InChI=1S/C17H23N5O7S/c1-9(24)10-12-17(2-4-23,6-29-16(28)21-8-19)13(30-5-3-20-7-18)11(15(26)27)22(12)14(10)25/h7,9-10,12,23-24H,2-6H2,1H3,(H2,18,20)(H,21,28)(H,26,27). The Labute approximate surface area is 176 Å². The molecule has 4 atom stereocenters. The molecule has 0 aromatic rings. The van der Waals surface area contributed by atoms with Gasteiger partial charge >= 0.3 is 12.1 Å². The Morgan fingerprint density at radius 1 is 1.57 bits per heavy atom. The number of nitrogens with two attached hydrogens (primary N) is 1. The first-order valence-corrected chi connectivity index (χ1v) is 10.00. The molecule has 12 nitrogen and oxygen atoms in total. The van der Waals surface area contributed by atoms with Crippen LogP contribution >= 0.6 is 11.8 Å². The van der Waals surface area contributed by atoms with Gasteiger partial charge in [0.2, 0.25) is 5.91 Å². The number of hydrogen-bond acceptors (Lipinski definition) is 9. The highest BCUT2D eigenvalue weighted by Crippen LogP contribution is 2.59. The number of aliphatic hydroxyl groups excluding tert-OH is 2. The molecule has 4 unspecified atom stereocenters. The molecule has 0 bridgehead atoms. The summed E-state index contributed by atoms with van der Waals surface area (Å²) in [6.07, 6.45) is 0.350. The van der Waals surface area contributed by atoms with Crippen molar-refractivity contribution in [2.75, 3.05) is 25.5 Å². The van der Waals surface area contributed by atoms with Crippen molar-refractivity contribution in [3.8, 4) is 6.19 Å². The summed E-state index contributed by atoms with van der Waals surface area (Å²) in [5.41, 5.74) is 3.67. The summed E-state index contributed by atoms with van der Waals surface area (Å²) in [5.74, 6) is -2.55. The number of ether oxygens (including phenoxy) is 1. The van der Waals surface area contributed by atoms with Gasteiger partial charge in [-0.1, -0.05) is 0 Å². The van der Waals surface area contributed by atoms with Crippen molar-refractivity contribution in [3.63, 3.8) is 0 Å². The van der Waals surface area contributed by atoms with Gasteiger partial charge in [-0.05, 0) is 13.3 Å². The maximum Gasteiger partial charge on any atom is 0.420 e. The fourth-order valence-corrected chi connectivity index (χ4v) is 5.24. The maximum absolute atomic E-state index is 12.6. The first-order valence-electron chi connectivity index (χ1n) is 9.01. The number of fused-ring (bicyclic) bond motifs is 1. The zero-order valence-corrected chi connectivity index (χ0v) is 17.0. The van der Waals surface area contributed by atoms with Gasteiger partial charge in [-0.25, -0.2) is 14.9 Å². The normalized spacial score (nSPS) is 26.2. The lowest BCUT2D eigenvalue weighted by Gasteiger charge is -2.51. The van der Waals surface area contributed by atoms with Gasteiger partial charge in [-0.3, -0.25) is 14.7 Å². The van der Waals surface area contributed by atoms with Crippen LogP contribution in [0.5, 0.6) is 0 Å². The molecule has 0 aromatic heterocycles. The van der Waals surface area contributed by atoms with E-state index >= 15 is 0 Å². The third-order valence-corrected chi connectivity index (χ3v) is 6.36. The minimum atomic E-state index is -1.36. The summed E-state index contributed by atoms with van der Waals surface area (Å²) in [4.78, 5) is 41.6. The number of rotatable bonds is 10. The second-order valence-corrected chi connectivity index (χ2v) is 7.85. The van der Waals surface area contributed by atoms with Crippen LogP contribution in [0.1, 0.15) is 13.3 Å². The molecule has 0 radical (unpaired) electrons. The van der Waals surface area contributed by atoms with Gasteiger partial charge in [0, 0.05) is 17.3 Å². The van der Waals surface area contributed by atoms with Crippen molar-refractivity contribution in [3.05, 3.63) is 10.6 Å². The molecular formula is C17H23N5O7S. The van der Waals surface area contributed by atoms with Crippen molar-refractivity contribution in [1.29, 1.82) is 5.26 Å². The monoisotopic (exact) mass is 441 g/mol.